The van der Waals surface area contributed by atoms with Gasteiger partial charge in [0.1, 0.15) is 0 Å². The molecule has 0 heterocycles. The lowest BCUT2D eigenvalue weighted by Crippen LogP contribution is -2.53. The number of carbonyl (C=O) groups is 1. The molecule has 0 aromatic heterocycles. The van der Waals surface area contributed by atoms with Gasteiger partial charge < -0.3 is 10.0 Å². The Bertz CT molecular complexity index is 407. The molecule has 0 aliphatic heterocycles. The summed E-state index contributed by atoms with van der Waals surface area (Å²) in [4.78, 5) is 13.2. The van der Waals surface area contributed by atoms with Gasteiger partial charge in [-0.25, -0.2) is 4.79 Å². The van der Waals surface area contributed by atoms with Gasteiger partial charge in [-0.05, 0) is 65.8 Å². The molecule has 1 aromatic carbocycles. The van der Waals surface area contributed by atoms with Gasteiger partial charge in [0.05, 0.1) is 5.56 Å². The molecule has 1 rings (SSSR count). The van der Waals surface area contributed by atoms with Crippen molar-refractivity contribution in [1.29, 1.82) is 0 Å². The minimum Gasteiger partial charge on any atom is -0.478 e. The number of nitrogens with zero attached hydrogens (tertiary/aromatic N) is 1. The van der Waals surface area contributed by atoms with Crippen molar-refractivity contribution in [2.75, 3.05) is 4.90 Å². The number of aromatic carboxylic acids is 1. The molecule has 0 aliphatic rings. The van der Waals surface area contributed by atoms with Gasteiger partial charge >= 0.3 is 5.97 Å². The van der Waals surface area contributed by atoms with Crippen molar-refractivity contribution in [3.8, 4) is 0 Å². The minimum absolute atomic E-state index is 0.0248. The molecule has 100 valence electrons. The van der Waals surface area contributed by atoms with E-state index < -0.39 is 5.97 Å². The Morgan fingerprint density at radius 3 is 1.61 bits per heavy atom. The maximum atomic E-state index is 10.9. The van der Waals surface area contributed by atoms with Crippen molar-refractivity contribution in [2.24, 2.45) is 0 Å². The lowest BCUT2D eigenvalue weighted by Gasteiger charge is -2.47. The van der Waals surface area contributed by atoms with Gasteiger partial charge in [-0.15, -0.1) is 0 Å². The van der Waals surface area contributed by atoms with E-state index in [0.717, 1.165) is 5.69 Å². The van der Waals surface area contributed by atoms with Crippen molar-refractivity contribution in [3.63, 3.8) is 0 Å². The van der Waals surface area contributed by atoms with E-state index in [1.165, 1.54) is 0 Å². The molecule has 0 amide bonds. The highest BCUT2D eigenvalue weighted by Gasteiger charge is 2.31. The average molecular weight is 249 g/mol. The number of carboxylic acids is 1. The highest BCUT2D eigenvalue weighted by molar-refractivity contribution is 5.88. The molecule has 0 aliphatic carbocycles. The number of rotatable bonds is 2. The fourth-order valence-corrected chi connectivity index (χ4v) is 2.53. The van der Waals surface area contributed by atoms with Gasteiger partial charge in [0.25, 0.3) is 0 Å². The monoisotopic (exact) mass is 249 g/mol. The van der Waals surface area contributed by atoms with Crippen molar-refractivity contribution < 1.29 is 9.90 Å². The Kier molecular flexibility index (Phi) is 3.75. The van der Waals surface area contributed by atoms with Crippen LogP contribution in [-0.4, -0.2) is 22.2 Å². The van der Waals surface area contributed by atoms with E-state index in [1.54, 1.807) is 12.1 Å². The summed E-state index contributed by atoms with van der Waals surface area (Å²) in [7, 11) is 0. The number of benzene rings is 1. The quantitative estimate of drug-likeness (QED) is 0.867. The predicted octanol–water partition coefficient (Wildman–Crippen LogP) is 3.79. The smallest absolute Gasteiger partial charge is 0.335 e. The Morgan fingerprint density at radius 2 is 1.33 bits per heavy atom. The molecule has 3 nitrogen and oxygen atoms in total. The topological polar surface area (TPSA) is 40.5 Å². The molecule has 0 spiro atoms. The zero-order chi connectivity index (χ0) is 14.1. The van der Waals surface area contributed by atoms with Crippen LogP contribution in [-0.2, 0) is 0 Å². The van der Waals surface area contributed by atoms with E-state index in [9.17, 15) is 4.79 Å². The van der Waals surface area contributed by atoms with Crippen LogP contribution in [0.3, 0.4) is 0 Å². The SMILES string of the molecule is CC(C)(C)N(c1ccc(C(=O)O)cc1)C(C)(C)C. The van der Waals surface area contributed by atoms with Gasteiger partial charge in [-0.3, -0.25) is 0 Å². The Balaban J connectivity index is 3.20. The molecule has 0 unspecified atom stereocenters. The Morgan fingerprint density at radius 1 is 0.944 bits per heavy atom. The summed E-state index contributed by atoms with van der Waals surface area (Å²) in [5.41, 5.74) is 1.31. The summed E-state index contributed by atoms with van der Waals surface area (Å²) in [5, 5.41) is 8.92. The van der Waals surface area contributed by atoms with E-state index in [-0.39, 0.29) is 11.1 Å². The molecular weight excluding hydrogens is 226 g/mol. The number of anilines is 1. The van der Waals surface area contributed by atoms with Crippen LogP contribution in [0.15, 0.2) is 24.3 Å². The highest BCUT2D eigenvalue weighted by atomic mass is 16.4. The van der Waals surface area contributed by atoms with E-state index in [0.29, 0.717) is 5.56 Å². The van der Waals surface area contributed by atoms with Gasteiger partial charge in [0.2, 0.25) is 0 Å². The highest BCUT2D eigenvalue weighted by Crippen LogP contribution is 2.31. The molecule has 0 radical (unpaired) electrons. The van der Waals surface area contributed by atoms with Crippen LogP contribution >= 0.6 is 0 Å². The van der Waals surface area contributed by atoms with Crippen LogP contribution in [0.1, 0.15) is 51.9 Å². The van der Waals surface area contributed by atoms with Gasteiger partial charge in [-0.2, -0.15) is 0 Å². The first kappa shape index (κ1) is 14.6. The van der Waals surface area contributed by atoms with Crippen LogP contribution in [0.2, 0.25) is 0 Å². The van der Waals surface area contributed by atoms with Crippen molar-refractivity contribution in [2.45, 2.75) is 52.6 Å². The summed E-state index contributed by atoms with van der Waals surface area (Å²) >= 11 is 0. The van der Waals surface area contributed by atoms with E-state index >= 15 is 0 Å². The Labute approximate surface area is 109 Å². The average Bonchev–Trinajstić information content (AvgIpc) is 2.13. The lowest BCUT2D eigenvalue weighted by molar-refractivity contribution is 0.0697. The molecule has 3 heteroatoms. The Hall–Kier alpha value is -1.51. The van der Waals surface area contributed by atoms with Gasteiger partial charge in [0.15, 0.2) is 0 Å². The number of carboxylic acid groups (broad SMARTS) is 1. The van der Waals surface area contributed by atoms with Crippen LogP contribution in [0.5, 0.6) is 0 Å². The first-order valence-corrected chi connectivity index (χ1v) is 6.17. The van der Waals surface area contributed by atoms with Gasteiger partial charge in [0, 0.05) is 16.8 Å². The van der Waals surface area contributed by atoms with Crippen LogP contribution < -0.4 is 4.90 Å². The molecule has 18 heavy (non-hydrogen) atoms. The maximum Gasteiger partial charge on any atom is 0.335 e. The first-order chi connectivity index (χ1) is 8.03. The van der Waals surface area contributed by atoms with Crippen molar-refractivity contribution in [1.82, 2.24) is 0 Å². The maximum absolute atomic E-state index is 10.9. The van der Waals surface area contributed by atoms with E-state index in [1.807, 2.05) is 12.1 Å². The summed E-state index contributed by atoms with van der Waals surface area (Å²) < 4.78 is 0. The molecule has 0 saturated heterocycles. The number of hydrogen-bond acceptors (Lipinski definition) is 2. The van der Waals surface area contributed by atoms with Gasteiger partial charge in [-0.1, -0.05) is 0 Å². The van der Waals surface area contributed by atoms with E-state index in [4.69, 9.17) is 5.11 Å². The minimum atomic E-state index is -0.889. The second-order valence-electron chi connectivity index (χ2n) is 6.53. The summed E-state index contributed by atoms with van der Waals surface area (Å²) in [5.74, 6) is -0.889. The third-order valence-electron chi connectivity index (χ3n) is 2.71. The molecular formula is C15H23NO2. The fourth-order valence-electron chi connectivity index (χ4n) is 2.53. The predicted molar refractivity (Wildman–Crippen MR) is 75.4 cm³/mol. The number of hydrogen-bond donors (Lipinski definition) is 1. The molecule has 1 N–H and O–H groups in total. The van der Waals surface area contributed by atoms with Crippen molar-refractivity contribution >= 4 is 11.7 Å². The molecule has 1 aromatic rings. The molecule has 0 fully saturated rings. The standard InChI is InChI=1S/C15H23NO2/c1-14(2,3)16(15(4,5)6)12-9-7-11(8-10-12)13(17)18/h7-10H,1-6H3,(H,17,18). The third-order valence-corrected chi connectivity index (χ3v) is 2.71. The summed E-state index contributed by atoms with van der Waals surface area (Å²) in [6.07, 6.45) is 0. The lowest BCUT2D eigenvalue weighted by atomic mass is 9.94. The molecule has 0 bridgehead atoms. The third kappa shape index (κ3) is 3.25. The first-order valence-electron chi connectivity index (χ1n) is 6.17. The largest absolute Gasteiger partial charge is 0.478 e. The fraction of sp³-hybridized carbons (Fsp3) is 0.533. The van der Waals surface area contributed by atoms with Crippen LogP contribution in [0.25, 0.3) is 0 Å². The second kappa shape index (κ2) is 4.63. The normalized spacial score (nSPS) is 12.3. The summed E-state index contributed by atoms with van der Waals surface area (Å²) in [6.45, 7) is 12.9. The second-order valence-corrected chi connectivity index (χ2v) is 6.53. The van der Waals surface area contributed by atoms with E-state index in [2.05, 4.69) is 46.4 Å². The zero-order valence-electron chi connectivity index (χ0n) is 12.1. The van der Waals surface area contributed by atoms with Crippen molar-refractivity contribution in [3.05, 3.63) is 29.8 Å². The molecule has 0 saturated carbocycles. The van der Waals surface area contributed by atoms with Crippen LogP contribution in [0.4, 0.5) is 5.69 Å². The summed E-state index contributed by atoms with van der Waals surface area (Å²) in [6, 6.07) is 7.06. The van der Waals surface area contributed by atoms with Crippen LogP contribution in [0, 0.1) is 0 Å². The zero-order valence-corrected chi connectivity index (χ0v) is 12.1. The molecule has 0 atom stereocenters.